The van der Waals surface area contributed by atoms with Gasteiger partial charge in [-0.15, -0.1) is 0 Å². The zero-order chi connectivity index (χ0) is 15.6. The normalized spacial score (nSPS) is 12.3. The molecule has 0 aliphatic heterocycles. The molecule has 0 saturated heterocycles. The predicted molar refractivity (Wildman–Crippen MR) is 84.8 cm³/mol. The Morgan fingerprint density at radius 3 is 2.20 bits per heavy atom. The number of carbonyl (C=O) groups excluding carboxylic acids is 1. The van der Waals surface area contributed by atoms with Crippen molar-refractivity contribution in [3.63, 3.8) is 0 Å². The van der Waals surface area contributed by atoms with Gasteiger partial charge in [-0.3, -0.25) is 4.79 Å². The lowest BCUT2D eigenvalue weighted by Gasteiger charge is -2.19. The zero-order valence-corrected chi connectivity index (χ0v) is 14.1. The van der Waals surface area contributed by atoms with Crippen molar-refractivity contribution in [1.82, 2.24) is 0 Å². The molecule has 0 spiro atoms. The van der Waals surface area contributed by atoms with Gasteiger partial charge < -0.3 is 4.74 Å². The van der Waals surface area contributed by atoms with Crippen LogP contribution in [0.2, 0.25) is 5.02 Å². The minimum atomic E-state index is -0.405. The summed E-state index contributed by atoms with van der Waals surface area (Å²) in [5, 5.41) is 0.494. The van der Waals surface area contributed by atoms with Crippen molar-refractivity contribution >= 4 is 17.4 Å². The molecular formula is C17H25ClO2. The quantitative estimate of drug-likeness (QED) is 0.697. The predicted octanol–water partition coefficient (Wildman–Crippen LogP) is 5.38. The van der Waals surface area contributed by atoms with E-state index in [9.17, 15) is 4.79 Å². The Kier molecular flexibility index (Phi) is 5.26. The lowest BCUT2D eigenvalue weighted by molar-refractivity contribution is 0.0858. The number of Topliss-reactive ketones (excluding diaryl/α,β-unsaturated/α-hetero) is 1. The Morgan fingerprint density at radius 2 is 1.75 bits per heavy atom. The first kappa shape index (κ1) is 17.0. The summed E-state index contributed by atoms with van der Waals surface area (Å²) >= 11 is 6.20. The highest BCUT2D eigenvalue weighted by Gasteiger charge is 2.23. The van der Waals surface area contributed by atoms with E-state index >= 15 is 0 Å². The van der Waals surface area contributed by atoms with Gasteiger partial charge in [0.25, 0.3) is 0 Å². The minimum absolute atomic E-state index is 0.0839. The second-order valence-corrected chi connectivity index (χ2v) is 7.79. The first-order valence-corrected chi connectivity index (χ1v) is 7.36. The molecular weight excluding hydrogens is 272 g/mol. The standard InChI is InChI=1S/C17H25ClO2/c1-16(2,3)9-10-20-14-8-7-12(11-13(14)18)15(19)17(4,5)6/h7-8,11H,9-10H2,1-6H3. The molecule has 0 saturated carbocycles. The molecule has 0 bridgehead atoms. The molecule has 0 amide bonds. The summed E-state index contributed by atoms with van der Waals surface area (Å²) in [6, 6.07) is 5.26. The topological polar surface area (TPSA) is 26.3 Å². The summed E-state index contributed by atoms with van der Waals surface area (Å²) in [5.41, 5.74) is 0.456. The van der Waals surface area contributed by atoms with Crippen molar-refractivity contribution in [3.05, 3.63) is 28.8 Å². The van der Waals surface area contributed by atoms with Crippen molar-refractivity contribution in [2.45, 2.75) is 48.0 Å². The van der Waals surface area contributed by atoms with Gasteiger partial charge in [0.05, 0.1) is 11.6 Å². The van der Waals surface area contributed by atoms with Crippen molar-refractivity contribution < 1.29 is 9.53 Å². The largest absolute Gasteiger partial charge is 0.492 e. The van der Waals surface area contributed by atoms with E-state index in [2.05, 4.69) is 20.8 Å². The van der Waals surface area contributed by atoms with Crippen LogP contribution in [-0.2, 0) is 0 Å². The Morgan fingerprint density at radius 1 is 1.15 bits per heavy atom. The molecule has 0 unspecified atom stereocenters. The molecule has 0 fully saturated rings. The van der Waals surface area contributed by atoms with Crippen molar-refractivity contribution in [3.8, 4) is 5.75 Å². The molecule has 1 rings (SSSR count). The maximum atomic E-state index is 12.2. The number of halogens is 1. The molecule has 3 heteroatoms. The first-order chi connectivity index (χ1) is 9.00. The molecule has 0 aliphatic rings. The van der Waals surface area contributed by atoms with E-state index in [-0.39, 0.29) is 11.2 Å². The van der Waals surface area contributed by atoms with Gasteiger partial charge in [-0.25, -0.2) is 0 Å². The molecule has 20 heavy (non-hydrogen) atoms. The summed E-state index contributed by atoms with van der Waals surface area (Å²) in [6.45, 7) is 12.8. The summed E-state index contributed by atoms with van der Waals surface area (Å²) in [6.07, 6.45) is 0.950. The highest BCUT2D eigenvalue weighted by molar-refractivity contribution is 6.32. The second-order valence-electron chi connectivity index (χ2n) is 7.38. The van der Waals surface area contributed by atoms with Gasteiger partial charge in [0, 0.05) is 11.0 Å². The number of hydrogen-bond acceptors (Lipinski definition) is 2. The minimum Gasteiger partial charge on any atom is -0.492 e. The fraction of sp³-hybridized carbons (Fsp3) is 0.588. The third kappa shape index (κ3) is 5.16. The van der Waals surface area contributed by atoms with Crippen LogP contribution in [0, 0.1) is 10.8 Å². The van der Waals surface area contributed by atoms with Gasteiger partial charge in [-0.2, -0.15) is 0 Å². The van der Waals surface area contributed by atoms with Crippen LogP contribution in [0.3, 0.4) is 0 Å². The zero-order valence-electron chi connectivity index (χ0n) is 13.3. The van der Waals surface area contributed by atoms with E-state index in [1.165, 1.54) is 0 Å². The molecule has 0 radical (unpaired) electrons. The van der Waals surface area contributed by atoms with Crippen LogP contribution in [0.15, 0.2) is 18.2 Å². The van der Waals surface area contributed by atoms with Crippen LogP contribution in [0.25, 0.3) is 0 Å². The van der Waals surface area contributed by atoms with Crippen LogP contribution in [0.5, 0.6) is 5.75 Å². The number of hydrogen-bond donors (Lipinski definition) is 0. The Bertz CT molecular complexity index is 479. The number of ketones is 1. The number of ether oxygens (including phenoxy) is 1. The smallest absolute Gasteiger partial charge is 0.168 e. The van der Waals surface area contributed by atoms with Gasteiger partial charge in [-0.1, -0.05) is 53.1 Å². The van der Waals surface area contributed by atoms with Crippen LogP contribution >= 0.6 is 11.6 Å². The van der Waals surface area contributed by atoms with E-state index in [0.717, 1.165) is 6.42 Å². The first-order valence-electron chi connectivity index (χ1n) is 6.98. The van der Waals surface area contributed by atoms with E-state index < -0.39 is 5.41 Å². The van der Waals surface area contributed by atoms with E-state index in [1.807, 2.05) is 20.8 Å². The Labute approximate surface area is 127 Å². The molecule has 0 heterocycles. The molecule has 0 aromatic heterocycles. The average molecular weight is 297 g/mol. The van der Waals surface area contributed by atoms with Gasteiger partial charge in [0.1, 0.15) is 5.75 Å². The third-order valence-corrected chi connectivity index (χ3v) is 3.28. The molecule has 1 aromatic carbocycles. The molecule has 112 valence electrons. The van der Waals surface area contributed by atoms with Gasteiger partial charge >= 0.3 is 0 Å². The fourth-order valence-electron chi connectivity index (χ4n) is 1.66. The average Bonchev–Trinajstić information content (AvgIpc) is 2.27. The molecule has 1 aromatic rings. The summed E-state index contributed by atoms with van der Waals surface area (Å²) in [7, 11) is 0. The van der Waals surface area contributed by atoms with Crippen LogP contribution in [0.4, 0.5) is 0 Å². The summed E-state index contributed by atoms with van der Waals surface area (Å²) in [5.74, 6) is 0.724. The van der Waals surface area contributed by atoms with Crippen LogP contribution in [0.1, 0.15) is 58.3 Å². The van der Waals surface area contributed by atoms with E-state index in [1.54, 1.807) is 18.2 Å². The highest BCUT2D eigenvalue weighted by Crippen LogP contribution is 2.29. The lowest BCUT2D eigenvalue weighted by Crippen LogP contribution is -2.20. The van der Waals surface area contributed by atoms with Crippen LogP contribution < -0.4 is 4.74 Å². The summed E-state index contributed by atoms with van der Waals surface area (Å²) in [4.78, 5) is 12.2. The van der Waals surface area contributed by atoms with Gasteiger partial charge in [0.2, 0.25) is 0 Å². The van der Waals surface area contributed by atoms with E-state index in [0.29, 0.717) is 22.9 Å². The maximum Gasteiger partial charge on any atom is 0.168 e. The number of rotatable bonds is 4. The van der Waals surface area contributed by atoms with Crippen molar-refractivity contribution in [1.29, 1.82) is 0 Å². The Hall–Kier alpha value is -1.02. The fourth-order valence-corrected chi connectivity index (χ4v) is 1.89. The second kappa shape index (κ2) is 6.17. The van der Waals surface area contributed by atoms with Crippen molar-refractivity contribution in [2.24, 2.45) is 10.8 Å². The van der Waals surface area contributed by atoms with Crippen molar-refractivity contribution in [2.75, 3.05) is 6.61 Å². The molecule has 2 nitrogen and oxygen atoms in total. The van der Waals surface area contributed by atoms with Gasteiger partial charge in [0.15, 0.2) is 5.78 Å². The third-order valence-electron chi connectivity index (χ3n) is 2.98. The lowest BCUT2D eigenvalue weighted by atomic mass is 9.86. The van der Waals surface area contributed by atoms with E-state index in [4.69, 9.17) is 16.3 Å². The number of carbonyl (C=O) groups is 1. The highest BCUT2D eigenvalue weighted by atomic mass is 35.5. The molecule has 0 aliphatic carbocycles. The summed E-state index contributed by atoms with van der Waals surface area (Å²) < 4.78 is 5.69. The molecule has 0 atom stereocenters. The van der Waals surface area contributed by atoms with Crippen LogP contribution in [-0.4, -0.2) is 12.4 Å². The maximum absolute atomic E-state index is 12.2. The number of benzene rings is 1. The monoisotopic (exact) mass is 296 g/mol. The molecule has 0 N–H and O–H groups in total. The SMILES string of the molecule is CC(C)(C)CCOc1ccc(C(=O)C(C)(C)C)cc1Cl. The van der Waals surface area contributed by atoms with Gasteiger partial charge in [-0.05, 0) is 30.0 Å². The Balaban J connectivity index is 2.77.